The van der Waals surface area contributed by atoms with Crippen molar-refractivity contribution < 1.29 is 28.7 Å². The van der Waals surface area contributed by atoms with E-state index >= 15 is 0 Å². The molecule has 4 atom stereocenters. The number of hydrogen-bond donors (Lipinski definition) is 4. The van der Waals surface area contributed by atoms with Crippen LogP contribution < -0.4 is 26.0 Å². The van der Waals surface area contributed by atoms with Crippen molar-refractivity contribution in [2.45, 2.75) is 116 Å². The highest BCUT2D eigenvalue weighted by molar-refractivity contribution is 7.17. The fourth-order valence-corrected chi connectivity index (χ4v) is 6.79. The number of Topliss-reactive ketones (excluding diaryl/α,β-unsaturated/α-hetero) is 1. The van der Waals surface area contributed by atoms with Gasteiger partial charge in [-0.3, -0.25) is 24.2 Å². The van der Waals surface area contributed by atoms with Crippen LogP contribution >= 0.6 is 11.3 Å². The first kappa shape index (κ1) is 37.7. The summed E-state index contributed by atoms with van der Waals surface area (Å²) in [5.74, 6) is -1.93. The topological polar surface area (TPSA) is 172 Å². The normalized spacial score (nSPS) is 18.8. The van der Waals surface area contributed by atoms with Gasteiger partial charge in [-0.1, -0.05) is 40.2 Å². The highest BCUT2D eigenvalue weighted by Crippen LogP contribution is 2.36. The molecular formula is C37H49N7O6S. The first-order valence-electron chi connectivity index (χ1n) is 17.5. The van der Waals surface area contributed by atoms with Gasteiger partial charge in [-0.25, -0.2) is 9.78 Å². The molecule has 4 N–H and O–H groups in total. The Bertz CT molecular complexity index is 1760. The molecule has 13 nitrogen and oxygen atoms in total. The minimum Gasteiger partial charge on any atom is -0.487 e. The second kappa shape index (κ2) is 15.3. The molecule has 1 aliphatic carbocycles. The van der Waals surface area contributed by atoms with Crippen LogP contribution in [-0.4, -0.2) is 86.8 Å². The molecule has 0 bridgehead atoms. The van der Waals surface area contributed by atoms with Crippen molar-refractivity contribution >= 4 is 51.1 Å². The number of hydrogen-bond acceptors (Lipinski definition) is 9. The number of aromatic nitrogens is 2. The van der Waals surface area contributed by atoms with E-state index in [4.69, 9.17) is 9.72 Å². The quantitative estimate of drug-likeness (QED) is 0.200. The number of amides is 5. The second-order valence-corrected chi connectivity index (χ2v) is 16.4. The summed E-state index contributed by atoms with van der Waals surface area (Å²) in [6.45, 7) is 12.9. The molecule has 2 fully saturated rings. The number of ether oxygens (including phenoxy) is 1. The second-order valence-electron chi connectivity index (χ2n) is 15.4. The zero-order chi connectivity index (χ0) is 37.1. The predicted molar refractivity (Wildman–Crippen MR) is 195 cm³/mol. The molecule has 0 radical (unpaired) electrons. The molecule has 1 saturated heterocycles. The van der Waals surface area contributed by atoms with Gasteiger partial charge < -0.3 is 30.9 Å². The maximum absolute atomic E-state index is 14.5. The molecule has 3 aromatic heterocycles. The average Bonchev–Trinajstić information content (AvgIpc) is 3.56. The summed E-state index contributed by atoms with van der Waals surface area (Å²) in [5.41, 5.74) is 0.721. The minimum atomic E-state index is -1.06. The van der Waals surface area contributed by atoms with Crippen molar-refractivity contribution in [3.8, 4) is 17.1 Å². The summed E-state index contributed by atoms with van der Waals surface area (Å²) in [6, 6.07) is 5.62. The lowest BCUT2D eigenvalue weighted by Gasteiger charge is -2.36. The fourth-order valence-electron chi connectivity index (χ4n) is 6.00. The maximum Gasteiger partial charge on any atom is 0.315 e. The molecule has 1 saturated carbocycles. The van der Waals surface area contributed by atoms with E-state index in [1.54, 1.807) is 6.20 Å². The average molecular weight is 720 g/mol. The Labute approximate surface area is 302 Å². The molecule has 51 heavy (non-hydrogen) atoms. The van der Waals surface area contributed by atoms with Gasteiger partial charge in [0.25, 0.3) is 5.91 Å². The Morgan fingerprint density at radius 1 is 1.02 bits per heavy atom. The Balaban J connectivity index is 1.45. The number of ketones is 1. The molecule has 3 aromatic rings. The molecule has 14 heteroatoms. The summed E-state index contributed by atoms with van der Waals surface area (Å²) < 4.78 is 7.42. The molecule has 0 spiro atoms. The van der Waals surface area contributed by atoms with Gasteiger partial charge in [0.05, 0.1) is 34.2 Å². The number of rotatable bonds is 12. The van der Waals surface area contributed by atoms with Gasteiger partial charge in [-0.2, -0.15) is 0 Å². The van der Waals surface area contributed by atoms with Crippen LogP contribution in [0.15, 0.2) is 41.9 Å². The van der Waals surface area contributed by atoms with Gasteiger partial charge in [0.1, 0.15) is 23.9 Å². The third kappa shape index (κ3) is 9.60. The van der Waals surface area contributed by atoms with E-state index in [1.807, 2.05) is 84.2 Å². The van der Waals surface area contributed by atoms with E-state index in [0.29, 0.717) is 23.6 Å². The van der Waals surface area contributed by atoms with E-state index in [-0.39, 0.29) is 25.4 Å². The number of likely N-dealkylation sites (tertiary alicyclic amines) is 1. The standard InChI is InChI=1S/C37H49N7O6S/c1-8-11-24(29(45)33(47)39-21-13-14-21)41-32(46)27-18-22(20-44(27)34(48)31(36(2,3)4)42-35(49)43-37(5,6)7)50-28-19-26(23-12-9-10-16-38-23)40-25-15-17-51-30(25)28/h9-10,12,15-17,19,21-22,24,27,31H,8,11,13-14,18,20H2,1-7H3,(H,39,47)(H,41,46)(H2,42,43,49)/t22?,24-,27-,31+/m0/s1. The smallest absolute Gasteiger partial charge is 0.315 e. The van der Waals surface area contributed by atoms with Crippen molar-refractivity contribution in [2.75, 3.05) is 6.54 Å². The van der Waals surface area contributed by atoms with Crippen LogP contribution in [0.1, 0.15) is 80.6 Å². The number of pyridine rings is 2. The van der Waals surface area contributed by atoms with Gasteiger partial charge in [0.15, 0.2) is 0 Å². The SMILES string of the molecule is CCC[C@H](NC(=O)[C@@H]1CC(Oc2cc(-c3ccccn3)nc3ccsc23)CN1C(=O)[C@@H](NC(=O)NC(C)(C)C)C(C)(C)C)C(=O)C(=O)NC1CC1. The summed E-state index contributed by atoms with van der Waals surface area (Å²) in [5, 5.41) is 13.1. The first-order chi connectivity index (χ1) is 24.0. The zero-order valence-corrected chi connectivity index (χ0v) is 31.2. The monoisotopic (exact) mass is 719 g/mol. The largest absolute Gasteiger partial charge is 0.487 e. The lowest BCUT2D eigenvalue weighted by atomic mass is 9.85. The van der Waals surface area contributed by atoms with Crippen molar-refractivity contribution in [1.82, 2.24) is 36.1 Å². The van der Waals surface area contributed by atoms with Crippen LogP contribution in [0.2, 0.25) is 0 Å². The van der Waals surface area contributed by atoms with E-state index in [1.165, 1.54) is 16.2 Å². The Morgan fingerprint density at radius 3 is 2.39 bits per heavy atom. The number of carbonyl (C=O) groups excluding carboxylic acids is 5. The highest BCUT2D eigenvalue weighted by Gasteiger charge is 2.47. The number of nitrogens with one attached hydrogen (secondary N) is 4. The Morgan fingerprint density at radius 2 is 1.76 bits per heavy atom. The number of fused-ring (bicyclic) bond motifs is 1. The maximum atomic E-state index is 14.5. The van der Waals surface area contributed by atoms with Gasteiger partial charge in [-0.15, -0.1) is 11.3 Å². The molecule has 274 valence electrons. The highest BCUT2D eigenvalue weighted by atomic mass is 32.1. The summed E-state index contributed by atoms with van der Waals surface area (Å²) in [7, 11) is 0. The van der Waals surface area contributed by atoms with E-state index in [9.17, 15) is 24.0 Å². The molecule has 0 aromatic carbocycles. The minimum absolute atomic E-state index is 0.0150. The van der Waals surface area contributed by atoms with Crippen LogP contribution in [0.3, 0.4) is 0 Å². The van der Waals surface area contributed by atoms with Crippen molar-refractivity contribution in [3.05, 3.63) is 41.9 Å². The molecule has 5 rings (SSSR count). The third-order valence-electron chi connectivity index (χ3n) is 8.67. The molecule has 5 amide bonds. The lowest BCUT2D eigenvalue weighted by molar-refractivity contribution is -0.144. The molecule has 2 aliphatic rings. The van der Waals surface area contributed by atoms with Gasteiger partial charge in [0.2, 0.25) is 17.6 Å². The summed E-state index contributed by atoms with van der Waals surface area (Å²) in [4.78, 5) is 78.2. The van der Waals surface area contributed by atoms with Gasteiger partial charge >= 0.3 is 6.03 Å². The first-order valence-corrected chi connectivity index (χ1v) is 18.4. The van der Waals surface area contributed by atoms with Crippen LogP contribution in [-0.2, 0) is 19.2 Å². The van der Waals surface area contributed by atoms with Gasteiger partial charge in [-0.05, 0) is 69.0 Å². The molecule has 1 unspecified atom stereocenters. The van der Waals surface area contributed by atoms with Crippen LogP contribution in [0.25, 0.3) is 21.6 Å². The summed E-state index contributed by atoms with van der Waals surface area (Å²) >= 11 is 1.47. The van der Waals surface area contributed by atoms with Gasteiger partial charge in [0, 0.05) is 30.3 Å². The third-order valence-corrected chi connectivity index (χ3v) is 9.59. The number of nitrogens with zero attached hydrogens (tertiary/aromatic N) is 3. The van der Waals surface area contributed by atoms with Crippen LogP contribution in [0.5, 0.6) is 5.75 Å². The summed E-state index contributed by atoms with van der Waals surface area (Å²) in [6.07, 6.45) is 3.61. The predicted octanol–water partition coefficient (Wildman–Crippen LogP) is 4.35. The zero-order valence-electron chi connectivity index (χ0n) is 30.4. The fraction of sp³-hybridized carbons (Fsp3) is 0.541. The Kier molecular flexibility index (Phi) is 11.3. The number of thiophene rings is 1. The lowest BCUT2D eigenvalue weighted by Crippen LogP contribution is -2.61. The Hall–Kier alpha value is -4.59. The van der Waals surface area contributed by atoms with E-state index in [2.05, 4.69) is 26.3 Å². The van der Waals surface area contributed by atoms with E-state index in [0.717, 1.165) is 23.1 Å². The van der Waals surface area contributed by atoms with Crippen LogP contribution in [0.4, 0.5) is 4.79 Å². The van der Waals surface area contributed by atoms with Crippen molar-refractivity contribution in [2.24, 2.45) is 5.41 Å². The van der Waals surface area contributed by atoms with E-state index < -0.39 is 64.7 Å². The molecule has 1 aliphatic heterocycles. The number of carbonyl (C=O) groups is 5. The van der Waals surface area contributed by atoms with Crippen LogP contribution in [0, 0.1) is 5.41 Å². The molecular weight excluding hydrogens is 671 g/mol. The number of urea groups is 1. The van der Waals surface area contributed by atoms with Crippen molar-refractivity contribution in [3.63, 3.8) is 0 Å². The van der Waals surface area contributed by atoms with Crippen molar-refractivity contribution in [1.29, 1.82) is 0 Å². The molecule has 4 heterocycles.